The summed E-state index contributed by atoms with van der Waals surface area (Å²) in [5.74, 6) is 1.77. The zero-order valence-electron chi connectivity index (χ0n) is 17.0. The number of carbonyl (C=O) groups is 1. The second-order valence-electron chi connectivity index (χ2n) is 8.25. The van der Waals surface area contributed by atoms with E-state index in [9.17, 15) is 4.79 Å². The smallest absolute Gasteiger partial charge is 0.247 e. The normalized spacial score (nSPS) is 21.8. The predicted octanol–water partition coefficient (Wildman–Crippen LogP) is 3.10. The highest BCUT2D eigenvalue weighted by molar-refractivity contribution is 5.98. The lowest BCUT2D eigenvalue weighted by molar-refractivity contribution is -0.117. The molecule has 3 unspecified atom stereocenters. The van der Waals surface area contributed by atoms with E-state index in [2.05, 4.69) is 30.3 Å². The third-order valence-corrected chi connectivity index (χ3v) is 6.22. The SMILES string of the molecule is Cc1ccc(NC(=O)C2CC3CC3N2c2ncccn2)cc1-c1ncc2cccn2n1. The Bertz CT molecular complexity index is 1290. The van der Waals surface area contributed by atoms with Crippen molar-refractivity contribution in [3.63, 3.8) is 0 Å². The summed E-state index contributed by atoms with van der Waals surface area (Å²) in [6.45, 7) is 2.02. The summed E-state index contributed by atoms with van der Waals surface area (Å²) in [5, 5.41) is 7.70. The van der Waals surface area contributed by atoms with Gasteiger partial charge in [0.15, 0.2) is 5.82 Å². The second kappa shape index (κ2) is 6.87. The first-order chi connectivity index (χ1) is 15.2. The van der Waals surface area contributed by atoms with Crippen LogP contribution in [-0.4, -0.2) is 42.6 Å². The lowest BCUT2D eigenvalue weighted by Crippen LogP contribution is -2.43. The van der Waals surface area contributed by atoms with Crippen molar-refractivity contribution in [2.75, 3.05) is 10.2 Å². The third kappa shape index (κ3) is 3.11. The number of piperidine rings is 1. The van der Waals surface area contributed by atoms with Crippen molar-refractivity contribution in [1.29, 1.82) is 0 Å². The van der Waals surface area contributed by atoms with Gasteiger partial charge in [-0.05, 0) is 61.6 Å². The van der Waals surface area contributed by atoms with E-state index < -0.39 is 0 Å². The molecule has 4 heterocycles. The summed E-state index contributed by atoms with van der Waals surface area (Å²) in [7, 11) is 0. The lowest BCUT2D eigenvalue weighted by Gasteiger charge is -2.26. The quantitative estimate of drug-likeness (QED) is 0.555. The molecule has 1 N–H and O–H groups in total. The number of fused-ring (bicyclic) bond motifs is 2. The van der Waals surface area contributed by atoms with Crippen LogP contribution in [0.5, 0.6) is 0 Å². The monoisotopic (exact) mass is 411 g/mol. The number of aryl methyl sites for hydroxylation is 1. The van der Waals surface area contributed by atoms with Crippen LogP contribution in [0.25, 0.3) is 16.9 Å². The number of amides is 1. The molecule has 1 amide bonds. The maximum Gasteiger partial charge on any atom is 0.247 e. The summed E-state index contributed by atoms with van der Waals surface area (Å²) < 4.78 is 1.80. The summed E-state index contributed by atoms with van der Waals surface area (Å²) in [4.78, 5) is 28.5. The average molecular weight is 411 g/mol. The Morgan fingerprint density at radius 3 is 2.84 bits per heavy atom. The molecule has 3 aromatic heterocycles. The van der Waals surface area contributed by atoms with Gasteiger partial charge >= 0.3 is 0 Å². The fourth-order valence-electron chi connectivity index (χ4n) is 4.53. The molecule has 1 aliphatic heterocycles. The minimum absolute atomic E-state index is 0.0313. The predicted molar refractivity (Wildman–Crippen MR) is 117 cm³/mol. The highest BCUT2D eigenvalue weighted by Crippen LogP contribution is 2.49. The molecule has 0 bridgehead atoms. The Labute approximate surface area is 179 Å². The average Bonchev–Trinajstić information content (AvgIpc) is 3.22. The zero-order chi connectivity index (χ0) is 20.9. The largest absolute Gasteiger partial charge is 0.325 e. The molecule has 1 aromatic carbocycles. The molecule has 31 heavy (non-hydrogen) atoms. The highest BCUT2D eigenvalue weighted by atomic mass is 16.2. The molecule has 0 radical (unpaired) electrons. The van der Waals surface area contributed by atoms with Gasteiger partial charge in [-0.2, -0.15) is 0 Å². The van der Waals surface area contributed by atoms with Gasteiger partial charge in [0.05, 0.1) is 11.7 Å². The number of carbonyl (C=O) groups excluding carboxylic acids is 1. The fourth-order valence-corrected chi connectivity index (χ4v) is 4.53. The summed E-state index contributed by atoms with van der Waals surface area (Å²) >= 11 is 0. The van der Waals surface area contributed by atoms with E-state index in [0.717, 1.165) is 35.2 Å². The number of hydrogen-bond acceptors (Lipinski definition) is 6. The van der Waals surface area contributed by atoms with Crippen LogP contribution in [0.15, 0.2) is 61.2 Å². The zero-order valence-corrected chi connectivity index (χ0v) is 17.0. The molecule has 2 fully saturated rings. The van der Waals surface area contributed by atoms with Crippen LogP contribution in [0.1, 0.15) is 18.4 Å². The number of aromatic nitrogens is 5. The van der Waals surface area contributed by atoms with Gasteiger partial charge in [0, 0.05) is 35.9 Å². The fraction of sp³-hybridized carbons (Fsp3) is 0.261. The lowest BCUT2D eigenvalue weighted by atomic mass is 10.1. The molecule has 8 heteroatoms. The van der Waals surface area contributed by atoms with Crippen LogP contribution in [0.4, 0.5) is 11.6 Å². The summed E-state index contributed by atoms with van der Waals surface area (Å²) in [5.41, 5.74) is 3.61. The van der Waals surface area contributed by atoms with Crippen molar-refractivity contribution in [3.8, 4) is 11.4 Å². The van der Waals surface area contributed by atoms with Gasteiger partial charge in [0.2, 0.25) is 11.9 Å². The number of nitrogens with zero attached hydrogens (tertiary/aromatic N) is 6. The standard InChI is InChI=1S/C23H21N7O/c1-14-5-6-16(12-18(14)21-26-13-17-4-2-9-29(17)28-21)27-22(31)20-11-15-10-19(15)30(20)23-24-7-3-8-25-23/h2-9,12-13,15,19-20H,10-11H2,1H3,(H,27,31). The van der Waals surface area contributed by atoms with Crippen molar-refractivity contribution in [2.45, 2.75) is 31.8 Å². The second-order valence-corrected chi connectivity index (χ2v) is 8.25. The Morgan fingerprint density at radius 2 is 1.97 bits per heavy atom. The Kier molecular flexibility index (Phi) is 3.99. The summed E-state index contributed by atoms with van der Waals surface area (Å²) in [6, 6.07) is 11.6. The van der Waals surface area contributed by atoms with Gasteiger partial charge in [0.25, 0.3) is 0 Å². The van der Waals surface area contributed by atoms with Crippen molar-refractivity contribution in [2.24, 2.45) is 5.92 Å². The van der Waals surface area contributed by atoms with E-state index >= 15 is 0 Å². The van der Waals surface area contributed by atoms with Crippen LogP contribution in [-0.2, 0) is 4.79 Å². The molecule has 154 valence electrons. The third-order valence-electron chi connectivity index (χ3n) is 6.22. The van der Waals surface area contributed by atoms with Crippen LogP contribution < -0.4 is 10.2 Å². The Hall–Kier alpha value is -3.81. The molecule has 2 aliphatic rings. The van der Waals surface area contributed by atoms with Crippen LogP contribution in [0.2, 0.25) is 0 Å². The van der Waals surface area contributed by atoms with Crippen molar-refractivity contribution < 1.29 is 4.79 Å². The van der Waals surface area contributed by atoms with Gasteiger partial charge < -0.3 is 10.2 Å². The van der Waals surface area contributed by atoms with Crippen LogP contribution >= 0.6 is 0 Å². The van der Waals surface area contributed by atoms with Gasteiger partial charge in [-0.3, -0.25) is 4.79 Å². The van der Waals surface area contributed by atoms with Crippen molar-refractivity contribution in [3.05, 3.63) is 66.7 Å². The number of rotatable bonds is 4. The van der Waals surface area contributed by atoms with Crippen LogP contribution in [0, 0.1) is 12.8 Å². The minimum atomic E-state index is -0.261. The first-order valence-corrected chi connectivity index (χ1v) is 10.4. The molecule has 1 aliphatic carbocycles. The molecular weight excluding hydrogens is 390 g/mol. The molecule has 3 atom stereocenters. The number of hydrogen-bond donors (Lipinski definition) is 1. The molecule has 8 nitrogen and oxygen atoms in total. The number of anilines is 2. The summed E-state index contributed by atoms with van der Waals surface area (Å²) in [6.07, 6.45) is 9.08. The van der Waals surface area contributed by atoms with Gasteiger partial charge in [-0.15, -0.1) is 5.10 Å². The van der Waals surface area contributed by atoms with Crippen molar-refractivity contribution in [1.82, 2.24) is 24.6 Å². The number of benzene rings is 1. The number of nitrogens with one attached hydrogen (secondary N) is 1. The Morgan fingerprint density at radius 1 is 1.10 bits per heavy atom. The van der Waals surface area contributed by atoms with Gasteiger partial charge in [-0.25, -0.2) is 19.5 Å². The first kappa shape index (κ1) is 18.0. The van der Waals surface area contributed by atoms with E-state index in [1.165, 1.54) is 0 Å². The molecule has 6 rings (SSSR count). The highest BCUT2D eigenvalue weighted by Gasteiger charge is 2.55. The molecular formula is C23H21N7O. The molecule has 4 aromatic rings. The maximum atomic E-state index is 13.2. The molecule has 0 spiro atoms. The van der Waals surface area contributed by atoms with Gasteiger partial charge in [0.1, 0.15) is 6.04 Å². The van der Waals surface area contributed by atoms with Gasteiger partial charge in [-0.1, -0.05) is 6.07 Å². The van der Waals surface area contributed by atoms with Crippen LogP contribution in [0.3, 0.4) is 0 Å². The Balaban J connectivity index is 1.27. The van der Waals surface area contributed by atoms with E-state index in [0.29, 0.717) is 23.7 Å². The van der Waals surface area contributed by atoms with E-state index in [1.54, 1.807) is 29.2 Å². The topological polar surface area (TPSA) is 88.3 Å². The van der Waals surface area contributed by atoms with Crippen molar-refractivity contribution >= 4 is 23.1 Å². The van der Waals surface area contributed by atoms with E-state index in [-0.39, 0.29) is 11.9 Å². The molecule has 1 saturated carbocycles. The first-order valence-electron chi connectivity index (χ1n) is 10.4. The van der Waals surface area contributed by atoms with E-state index in [4.69, 9.17) is 0 Å². The molecule has 1 saturated heterocycles. The minimum Gasteiger partial charge on any atom is -0.325 e. The van der Waals surface area contributed by atoms with E-state index in [1.807, 2.05) is 43.5 Å². The maximum absolute atomic E-state index is 13.2.